The standard InChI is InChI=1S/C24H26BrN3O6/c1-15(29)34-22-12-17-18(13-21(22)31-2)26-14-27-24(17)28-19-11-16(25)8-9-20(19)33-10-6-4-5-7-23(30)32-3/h8-9,11-14H,4-7,10H2,1-3H3,(H,26,27,28). The maximum atomic E-state index is 11.5. The highest BCUT2D eigenvalue weighted by Crippen LogP contribution is 2.37. The van der Waals surface area contributed by atoms with Gasteiger partial charge in [0.2, 0.25) is 0 Å². The van der Waals surface area contributed by atoms with E-state index in [2.05, 4.69) is 36.0 Å². The Balaban J connectivity index is 1.79. The van der Waals surface area contributed by atoms with Crippen molar-refractivity contribution in [3.05, 3.63) is 41.1 Å². The topological polar surface area (TPSA) is 109 Å². The summed E-state index contributed by atoms with van der Waals surface area (Å²) in [7, 11) is 2.89. The number of aromatic nitrogens is 2. The minimum Gasteiger partial charge on any atom is -0.493 e. The Labute approximate surface area is 205 Å². The number of rotatable bonds is 11. The van der Waals surface area contributed by atoms with Crippen molar-refractivity contribution in [2.75, 3.05) is 26.1 Å². The quantitative estimate of drug-likeness (QED) is 0.203. The predicted molar refractivity (Wildman–Crippen MR) is 131 cm³/mol. The molecule has 0 saturated carbocycles. The lowest BCUT2D eigenvalue weighted by Gasteiger charge is -2.15. The second-order valence-electron chi connectivity index (χ2n) is 7.34. The molecule has 0 aliphatic rings. The molecule has 34 heavy (non-hydrogen) atoms. The summed E-state index contributed by atoms with van der Waals surface area (Å²) in [6.45, 7) is 1.82. The summed E-state index contributed by atoms with van der Waals surface area (Å²) in [6.07, 6.45) is 4.25. The maximum Gasteiger partial charge on any atom is 0.308 e. The predicted octanol–water partition coefficient (Wildman–Crippen LogP) is 5.18. The number of ether oxygens (including phenoxy) is 4. The first kappa shape index (κ1) is 25.2. The minimum absolute atomic E-state index is 0.202. The summed E-state index contributed by atoms with van der Waals surface area (Å²) in [5.74, 6) is 1.17. The SMILES string of the molecule is COC(=O)CCCCCOc1ccc(Br)cc1Nc1ncnc2cc(OC)c(OC(C)=O)cc12. The number of carbonyl (C=O) groups is 2. The van der Waals surface area contributed by atoms with Crippen molar-refractivity contribution in [2.24, 2.45) is 0 Å². The molecule has 0 atom stereocenters. The van der Waals surface area contributed by atoms with Crippen LogP contribution in [0.1, 0.15) is 32.6 Å². The first-order valence-electron chi connectivity index (χ1n) is 10.7. The molecule has 10 heteroatoms. The highest BCUT2D eigenvalue weighted by Gasteiger charge is 2.15. The molecule has 180 valence electrons. The smallest absolute Gasteiger partial charge is 0.308 e. The molecule has 0 aliphatic heterocycles. The summed E-state index contributed by atoms with van der Waals surface area (Å²) in [6, 6.07) is 8.99. The van der Waals surface area contributed by atoms with Crippen molar-refractivity contribution in [1.29, 1.82) is 0 Å². The van der Waals surface area contributed by atoms with Crippen molar-refractivity contribution in [2.45, 2.75) is 32.6 Å². The zero-order valence-corrected chi connectivity index (χ0v) is 20.8. The number of benzene rings is 2. The zero-order valence-electron chi connectivity index (χ0n) is 19.2. The van der Waals surface area contributed by atoms with Gasteiger partial charge in [-0.05, 0) is 43.5 Å². The second-order valence-corrected chi connectivity index (χ2v) is 8.25. The van der Waals surface area contributed by atoms with Crippen LogP contribution >= 0.6 is 15.9 Å². The van der Waals surface area contributed by atoms with Crippen LogP contribution in [0.2, 0.25) is 0 Å². The third-order valence-electron chi connectivity index (χ3n) is 4.88. The van der Waals surface area contributed by atoms with E-state index in [0.717, 1.165) is 23.7 Å². The van der Waals surface area contributed by atoms with E-state index in [1.807, 2.05) is 18.2 Å². The Morgan fingerprint density at radius 3 is 2.56 bits per heavy atom. The van der Waals surface area contributed by atoms with Crippen LogP contribution in [-0.4, -0.2) is 42.7 Å². The molecule has 3 aromatic rings. The molecule has 0 radical (unpaired) electrons. The fourth-order valence-corrected chi connectivity index (χ4v) is 3.60. The summed E-state index contributed by atoms with van der Waals surface area (Å²) in [4.78, 5) is 31.4. The van der Waals surface area contributed by atoms with Crippen LogP contribution in [0.25, 0.3) is 10.9 Å². The number of carbonyl (C=O) groups excluding carboxylic acids is 2. The number of hydrogen-bond acceptors (Lipinski definition) is 9. The van der Waals surface area contributed by atoms with Gasteiger partial charge in [0.1, 0.15) is 17.9 Å². The van der Waals surface area contributed by atoms with E-state index in [1.54, 1.807) is 12.1 Å². The third kappa shape index (κ3) is 6.80. The summed E-state index contributed by atoms with van der Waals surface area (Å²) in [5.41, 5.74) is 1.32. The Morgan fingerprint density at radius 2 is 1.82 bits per heavy atom. The number of fused-ring (bicyclic) bond motifs is 1. The fraction of sp³-hybridized carbons (Fsp3) is 0.333. The van der Waals surface area contributed by atoms with E-state index in [0.29, 0.717) is 46.9 Å². The zero-order chi connectivity index (χ0) is 24.5. The van der Waals surface area contributed by atoms with E-state index in [-0.39, 0.29) is 11.7 Å². The summed E-state index contributed by atoms with van der Waals surface area (Å²) < 4.78 is 22.1. The van der Waals surface area contributed by atoms with E-state index in [4.69, 9.17) is 14.2 Å². The van der Waals surface area contributed by atoms with Crippen LogP contribution in [0.15, 0.2) is 41.1 Å². The van der Waals surface area contributed by atoms with Crippen LogP contribution in [0.5, 0.6) is 17.2 Å². The molecule has 0 spiro atoms. The molecular weight excluding hydrogens is 506 g/mol. The van der Waals surface area contributed by atoms with Gasteiger partial charge in [-0.25, -0.2) is 9.97 Å². The monoisotopic (exact) mass is 531 g/mol. The van der Waals surface area contributed by atoms with Crippen molar-refractivity contribution < 1.29 is 28.5 Å². The van der Waals surface area contributed by atoms with Crippen molar-refractivity contribution >= 4 is 50.3 Å². The van der Waals surface area contributed by atoms with Gasteiger partial charge in [-0.3, -0.25) is 9.59 Å². The highest BCUT2D eigenvalue weighted by atomic mass is 79.9. The summed E-state index contributed by atoms with van der Waals surface area (Å²) in [5, 5.41) is 3.95. The van der Waals surface area contributed by atoms with Crippen LogP contribution in [0.4, 0.5) is 11.5 Å². The van der Waals surface area contributed by atoms with Gasteiger partial charge in [0.05, 0.1) is 32.0 Å². The largest absolute Gasteiger partial charge is 0.493 e. The lowest BCUT2D eigenvalue weighted by atomic mass is 10.2. The Hall–Kier alpha value is -3.40. The molecule has 0 unspecified atom stereocenters. The van der Waals surface area contributed by atoms with Gasteiger partial charge in [-0.15, -0.1) is 0 Å². The summed E-state index contributed by atoms with van der Waals surface area (Å²) >= 11 is 3.49. The average Bonchev–Trinajstić information content (AvgIpc) is 2.81. The molecule has 0 fully saturated rings. The van der Waals surface area contributed by atoms with Gasteiger partial charge in [0, 0.05) is 29.3 Å². The first-order chi connectivity index (χ1) is 16.4. The van der Waals surface area contributed by atoms with Crippen LogP contribution in [0, 0.1) is 0 Å². The van der Waals surface area contributed by atoms with E-state index in [1.165, 1.54) is 27.5 Å². The van der Waals surface area contributed by atoms with E-state index < -0.39 is 5.97 Å². The number of halogens is 1. The number of hydrogen-bond donors (Lipinski definition) is 1. The molecule has 9 nitrogen and oxygen atoms in total. The van der Waals surface area contributed by atoms with Gasteiger partial charge in [0.15, 0.2) is 11.5 Å². The van der Waals surface area contributed by atoms with Crippen molar-refractivity contribution in [3.63, 3.8) is 0 Å². The molecule has 0 amide bonds. The second kappa shape index (κ2) is 12.2. The average molecular weight is 532 g/mol. The number of esters is 2. The molecule has 1 N–H and O–H groups in total. The Kier molecular flexibility index (Phi) is 9.03. The molecule has 1 aromatic heterocycles. The Morgan fingerprint density at radius 1 is 1.00 bits per heavy atom. The van der Waals surface area contributed by atoms with Gasteiger partial charge in [-0.1, -0.05) is 15.9 Å². The minimum atomic E-state index is -0.460. The van der Waals surface area contributed by atoms with Crippen LogP contribution < -0.4 is 19.5 Å². The Bertz CT molecular complexity index is 1170. The normalized spacial score (nSPS) is 10.6. The van der Waals surface area contributed by atoms with Gasteiger partial charge < -0.3 is 24.3 Å². The van der Waals surface area contributed by atoms with Gasteiger partial charge in [0.25, 0.3) is 0 Å². The van der Waals surface area contributed by atoms with Gasteiger partial charge >= 0.3 is 11.9 Å². The number of nitrogens with one attached hydrogen (secondary N) is 1. The number of nitrogens with zero attached hydrogens (tertiary/aromatic N) is 2. The van der Waals surface area contributed by atoms with E-state index in [9.17, 15) is 9.59 Å². The fourth-order valence-electron chi connectivity index (χ4n) is 3.24. The number of anilines is 2. The van der Waals surface area contributed by atoms with Crippen molar-refractivity contribution in [3.8, 4) is 17.2 Å². The highest BCUT2D eigenvalue weighted by molar-refractivity contribution is 9.10. The molecule has 1 heterocycles. The maximum absolute atomic E-state index is 11.5. The van der Waals surface area contributed by atoms with Crippen LogP contribution in [-0.2, 0) is 14.3 Å². The van der Waals surface area contributed by atoms with Crippen molar-refractivity contribution in [1.82, 2.24) is 9.97 Å². The third-order valence-corrected chi connectivity index (χ3v) is 5.37. The first-order valence-corrected chi connectivity index (χ1v) is 11.5. The molecule has 3 rings (SSSR count). The molecule has 0 bridgehead atoms. The number of unbranched alkanes of at least 4 members (excludes halogenated alkanes) is 2. The van der Waals surface area contributed by atoms with Crippen LogP contribution in [0.3, 0.4) is 0 Å². The lowest BCUT2D eigenvalue weighted by Crippen LogP contribution is -2.05. The molecule has 2 aromatic carbocycles. The number of methoxy groups -OCH3 is 2. The molecular formula is C24H26BrN3O6. The molecule has 0 aliphatic carbocycles. The lowest BCUT2D eigenvalue weighted by molar-refractivity contribution is -0.140. The molecule has 0 saturated heterocycles. The van der Waals surface area contributed by atoms with Gasteiger partial charge in [-0.2, -0.15) is 0 Å². The van der Waals surface area contributed by atoms with E-state index >= 15 is 0 Å².